The van der Waals surface area contributed by atoms with E-state index >= 15 is 0 Å². The van der Waals surface area contributed by atoms with Gasteiger partial charge in [-0.1, -0.05) is 13.8 Å². The Kier molecular flexibility index (Phi) is 6.31. The molecule has 0 heterocycles. The highest BCUT2D eigenvalue weighted by atomic mass is 32.2. The Morgan fingerprint density at radius 2 is 1.86 bits per heavy atom. The van der Waals surface area contributed by atoms with E-state index in [1.807, 2.05) is 0 Å². The Labute approximate surface area is 86.8 Å². The first-order valence-corrected chi connectivity index (χ1v) is 6.67. The Balaban J connectivity index is 4.03. The van der Waals surface area contributed by atoms with Gasteiger partial charge >= 0.3 is 0 Å². The summed E-state index contributed by atoms with van der Waals surface area (Å²) in [5.74, 6) is 0.584. The molecule has 14 heavy (non-hydrogen) atoms. The molecule has 0 bridgehead atoms. The third-order valence-corrected chi connectivity index (χ3v) is 3.49. The van der Waals surface area contributed by atoms with Crippen LogP contribution >= 0.6 is 0 Å². The van der Waals surface area contributed by atoms with Crippen molar-refractivity contribution in [2.24, 2.45) is 5.92 Å². The molecule has 0 fully saturated rings. The Morgan fingerprint density at radius 3 is 2.21 bits per heavy atom. The quantitative estimate of drug-likeness (QED) is 0.668. The molecule has 0 aliphatic rings. The zero-order valence-electron chi connectivity index (χ0n) is 9.16. The van der Waals surface area contributed by atoms with Crippen molar-refractivity contribution in [2.75, 3.05) is 12.4 Å². The van der Waals surface area contributed by atoms with E-state index in [0.29, 0.717) is 12.3 Å². The van der Waals surface area contributed by atoms with Crippen LogP contribution in [0, 0.1) is 5.92 Å². The maximum atomic E-state index is 11.2. The zero-order chi connectivity index (χ0) is 11.2. The molecule has 0 spiro atoms. The summed E-state index contributed by atoms with van der Waals surface area (Å²) in [5.41, 5.74) is 0. The van der Waals surface area contributed by atoms with E-state index in [9.17, 15) is 8.42 Å². The largest absolute Gasteiger partial charge is 0.395 e. The molecule has 4 nitrogen and oxygen atoms in total. The average Bonchev–Trinajstić information content (AvgIpc) is 2.12. The summed E-state index contributed by atoms with van der Waals surface area (Å²) in [5, 5.41) is 8.97. The minimum Gasteiger partial charge on any atom is -0.395 e. The number of sulfonamides is 1. The number of hydrogen-bond donors (Lipinski definition) is 2. The van der Waals surface area contributed by atoms with Gasteiger partial charge in [-0.2, -0.15) is 0 Å². The van der Waals surface area contributed by atoms with Crippen molar-refractivity contribution in [2.45, 2.75) is 39.7 Å². The van der Waals surface area contributed by atoms with E-state index < -0.39 is 10.0 Å². The van der Waals surface area contributed by atoms with E-state index in [1.165, 1.54) is 0 Å². The molecule has 0 amide bonds. The van der Waals surface area contributed by atoms with Crippen molar-refractivity contribution in [1.82, 2.24) is 4.72 Å². The van der Waals surface area contributed by atoms with Gasteiger partial charge in [0.05, 0.1) is 12.4 Å². The monoisotopic (exact) mass is 223 g/mol. The number of aliphatic hydroxyl groups is 1. The number of rotatable bonds is 7. The molecule has 86 valence electrons. The molecule has 0 saturated carbocycles. The Morgan fingerprint density at radius 1 is 1.29 bits per heavy atom. The highest BCUT2D eigenvalue weighted by Crippen LogP contribution is 2.07. The minimum absolute atomic E-state index is 0.0607. The van der Waals surface area contributed by atoms with Crippen molar-refractivity contribution in [3.8, 4) is 0 Å². The fourth-order valence-electron chi connectivity index (χ4n) is 1.06. The van der Waals surface area contributed by atoms with Gasteiger partial charge in [0.25, 0.3) is 0 Å². The van der Waals surface area contributed by atoms with E-state index in [4.69, 9.17) is 5.11 Å². The van der Waals surface area contributed by atoms with Gasteiger partial charge in [-0.15, -0.1) is 0 Å². The van der Waals surface area contributed by atoms with Gasteiger partial charge in [0.1, 0.15) is 0 Å². The van der Waals surface area contributed by atoms with Gasteiger partial charge in [-0.05, 0) is 25.7 Å². The molecule has 2 N–H and O–H groups in total. The predicted octanol–water partition coefficient (Wildman–Crippen LogP) is 0.723. The van der Waals surface area contributed by atoms with Crippen LogP contribution in [0.3, 0.4) is 0 Å². The maximum absolute atomic E-state index is 11.2. The van der Waals surface area contributed by atoms with Crippen LogP contribution in [0.2, 0.25) is 0 Å². The summed E-state index contributed by atoms with van der Waals surface area (Å²) in [6, 6.07) is -0.331. The van der Waals surface area contributed by atoms with Crippen LogP contribution in [0.15, 0.2) is 0 Å². The fraction of sp³-hybridized carbons (Fsp3) is 1.00. The van der Waals surface area contributed by atoms with Crippen molar-refractivity contribution < 1.29 is 13.5 Å². The molecule has 0 aliphatic heterocycles. The molecule has 1 atom stereocenters. The van der Waals surface area contributed by atoms with Crippen molar-refractivity contribution in [1.29, 1.82) is 0 Å². The molecule has 0 unspecified atom stereocenters. The second kappa shape index (κ2) is 6.37. The van der Waals surface area contributed by atoms with E-state index in [0.717, 1.165) is 6.42 Å². The van der Waals surface area contributed by atoms with Crippen LogP contribution in [-0.2, 0) is 10.0 Å². The van der Waals surface area contributed by atoms with Crippen LogP contribution in [0.4, 0.5) is 0 Å². The molecule has 0 aromatic carbocycles. The first-order chi connectivity index (χ1) is 6.41. The van der Waals surface area contributed by atoms with Gasteiger partial charge in [0.2, 0.25) is 10.0 Å². The average molecular weight is 223 g/mol. The topological polar surface area (TPSA) is 66.4 Å². The molecule has 0 saturated heterocycles. The summed E-state index contributed by atoms with van der Waals surface area (Å²) in [4.78, 5) is 0. The van der Waals surface area contributed by atoms with Crippen molar-refractivity contribution in [3.05, 3.63) is 0 Å². The molecule has 0 aliphatic carbocycles. The molecular formula is C9H21NO3S. The molecule has 0 rings (SSSR count). The fourth-order valence-corrected chi connectivity index (χ4v) is 1.93. The smallest absolute Gasteiger partial charge is 0.211 e. The second-order valence-corrected chi connectivity index (χ2v) is 5.91. The summed E-state index contributed by atoms with van der Waals surface area (Å²) in [7, 11) is -3.19. The van der Waals surface area contributed by atoms with E-state index in [2.05, 4.69) is 18.6 Å². The summed E-state index contributed by atoms with van der Waals surface area (Å²) in [6.07, 6.45) is 1.60. The highest BCUT2D eigenvalue weighted by Gasteiger charge is 2.15. The molecule has 0 aromatic heterocycles. The summed E-state index contributed by atoms with van der Waals surface area (Å²) >= 11 is 0. The number of nitrogens with one attached hydrogen (secondary N) is 1. The van der Waals surface area contributed by atoms with Crippen molar-refractivity contribution >= 4 is 10.0 Å². The van der Waals surface area contributed by atoms with Gasteiger partial charge in [-0.25, -0.2) is 13.1 Å². The first-order valence-electron chi connectivity index (χ1n) is 5.02. The predicted molar refractivity (Wildman–Crippen MR) is 57.5 cm³/mol. The third-order valence-electron chi connectivity index (χ3n) is 2.04. The lowest BCUT2D eigenvalue weighted by atomic mass is 10.0. The van der Waals surface area contributed by atoms with Crippen LogP contribution in [-0.4, -0.2) is 31.9 Å². The minimum atomic E-state index is -3.19. The lowest BCUT2D eigenvalue weighted by Crippen LogP contribution is -2.38. The van der Waals surface area contributed by atoms with Crippen LogP contribution in [0.1, 0.15) is 33.6 Å². The van der Waals surface area contributed by atoms with E-state index in [1.54, 1.807) is 6.92 Å². The van der Waals surface area contributed by atoms with Crippen LogP contribution in [0.25, 0.3) is 0 Å². The van der Waals surface area contributed by atoms with Crippen LogP contribution < -0.4 is 4.72 Å². The van der Waals surface area contributed by atoms with Gasteiger partial charge in [0, 0.05) is 6.04 Å². The van der Waals surface area contributed by atoms with Gasteiger partial charge < -0.3 is 5.11 Å². The van der Waals surface area contributed by atoms with Gasteiger partial charge in [0.15, 0.2) is 0 Å². The molecule has 0 aromatic rings. The number of hydrogen-bond acceptors (Lipinski definition) is 3. The Hall–Kier alpha value is -0.130. The van der Waals surface area contributed by atoms with E-state index in [-0.39, 0.29) is 18.4 Å². The summed E-state index contributed by atoms with van der Waals surface area (Å²) in [6.45, 7) is 5.59. The van der Waals surface area contributed by atoms with Crippen LogP contribution in [0.5, 0.6) is 0 Å². The maximum Gasteiger partial charge on any atom is 0.211 e. The Bertz CT molecular complexity index is 236. The normalized spacial score (nSPS) is 14.6. The first kappa shape index (κ1) is 13.9. The van der Waals surface area contributed by atoms with Gasteiger partial charge in [-0.3, -0.25) is 0 Å². The third kappa shape index (κ3) is 6.34. The molecule has 0 radical (unpaired) electrons. The zero-order valence-corrected chi connectivity index (χ0v) is 9.97. The molecular weight excluding hydrogens is 202 g/mol. The second-order valence-electron chi connectivity index (χ2n) is 3.87. The number of aliphatic hydroxyl groups excluding tert-OH is 1. The standard InChI is InChI=1S/C9H21NO3S/c1-4-14(12,13)10-9(7-11)6-5-8(2)3/h8-11H,4-7H2,1-3H3/t9-/m1/s1. The summed E-state index contributed by atoms with van der Waals surface area (Å²) < 4.78 is 24.9. The highest BCUT2D eigenvalue weighted by molar-refractivity contribution is 7.89. The van der Waals surface area contributed by atoms with Crippen molar-refractivity contribution in [3.63, 3.8) is 0 Å². The lowest BCUT2D eigenvalue weighted by molar-refractivity contribution is 0.245. The SMILES string of the molecule is CCS(=O)(=O)N[C@@H](CO)CCC(C)C. The molecule has 5 heteroatoms. The lowest BCUT2D eigenvalue weighted by Gasteiger charge is -2.16.